The van der Waals surface area contributed by atoms with E-state index in [0.717, 1.165) is 19.3 Å². The highest BCUT2D eigenvalue weighted by molar-refractivity contribution is 6.39. The Labute approximate surface area is 224 Å². The van der Waals surface area contributed by atoms with Crippen molar-refractivity contribution in [2.75, 3.05) is 10.6 Å². The molecule has 3 aromatic rings. The molecule has 2 aliphatic carbocycles. The molecule has 0 aliphatic heterocycles. The second kappa shape index (κ2) is 10.2. The summed E-state index contributed by atoms with van der Waals surface area (Å²) in [5.41, 5.74) is 6.62. The van der Waals surface area contributed by atoms with E-state index in [9.17, 15) is 14.3 Å². The molecule has 2 saturated carbocycles. The number of benzene rings is 1. The third-order valence-corrected chi connectivity index (χ3v) is 8.27. The second-order valence-electron chi connectivity index (χ2n) is 10.4. The SMILES string of the molecule is C[C@]1(C(N)=O)CC[C@@H](n2c(Nc3c(Cl)cc(F)cc3Cl)nc3cnc(N[C@@H]4CCC[C@@H](O)C4)nc32)CC1. The maximum absolute atomic E-state index is 13.8. The number of primary amides is 1. The van der Waals surface area contributed by atoms with Crippen molar-refractivity contribution in [1.82, 2.24) is 19.5 Å². The molecule has 9 nitrogen and oxygen atoms in total. The van der Waals surface area contributed by atoms with Crippen molar-refractivity contribution in [1.29, 1.82) is 0 Å². The largest absolute Gasteiger partial charge is 0.393 e. The van der Waals surface area contributed by atoms with Gasteiger partial charge in [0.15, 0.2) is 5.65 Å². The highest BCUT2D eigenvalue weighted by atomic mass is 35.5. The van der Waals surface area contributed by atoms with Crippen molar-refractivity contribution in [3.63, 3.8) is 0 Å². The van der Waals surface area contributed by atoms with E-state index >= 15 is 0 Å². The number of aromatic nitrogens is 4. The van der Waals surface area contributed by atoms with Gasteiger partial charge in [-0.3, -0.25) is 9.36 Å². The second-order valence-corrected chi connectivity index (χ2v) is 11.2. The summed E-state index contributed by atoms with van der Waals surface area (Å²) < 4.78 is 15.8. The molecule has 2 aromatic heterocycles. The van der Waals surface area contributed by atoms with Crippen LogP contribution < -0.4 is 16.4 Å². The Hall–Kier alpha value is -2.69. The quantitative estimate of drug-likeness (QED) is 0.326. The van der Waals surface area contributed by atoms with Gasteiger partial charge < -0.3 is 21.5 Å². The zero-order valence-corrected chi connectivity index (χ0v) is 22.0. The number of nitrogens with one attached hydrogen (secondary N) is 2. The normalized spacial score (nSPS) is 26.2. The zero-order chi connectivity index (χ0) is 26.3. The van der Waals surface area contributed by atoms with Crippen LogP contribution >= 0.6 is 23.2 Å². The van der Waals surface area contributed by atoms with Gasteiger partial charge in [0.2, 0.25) is 17.8 Å². The van der Waals surface area contributed by atoms with Gasteiger partial charge in [-0.1, -0.05) is 30.1 Å². The summed E-state index contributed by atoms with van der Waals surface area (Å²) in [6.07, 6.45) is 7.26. The van der Waals surface area contributed by atoms with E-state index in [2.05, 4.69) is 15.6 Å². The average Bonchev–Trinajstić information content (AvgIpc) is 3.19. The van der Waals surface area contributed by atoms with Crippen molar-refractivity contribution in [2.24, 2.45) is 11.1 Å². The molecule has 5 rings (SSSR count). The third kappa shape index (κ3) is 5.32. The third-order valence-electron chi connectivity index (χ3n) is 7.67. The van der Waals surface area contributed by atoms with Gasteiger partial charge in [-0.25, -0.2) is 14.4 Å². The predicted molar refractivity (Wildman–Crippen MR) is 142 cm³/mol. The predicted octanol–water partition coefficient (Wildman–Crippen LogP) is 5.34. The van der Waals surface area contributed by atoms with E-state index in [-0.39, 0.29) is 34.1 Å². The molecule has 2 fully saturated rings. The molecule has 2 aliphatic rings. The number of carbonyl (C=O) groups excluding carboxylic acids is 1. The number of anilines is 3. The number of imidazole rings is 1. The van der Waals surface area contributed by atoms with Crippen molar-refractivity contribution in [2.45, 2.75) is 76.5 Å². The van der Waals surface area contributed by atoms with E-state index in [1.165, 1.54) is 12.1 Å². The Kier molecular flexibility index (Phi) is 7.17. The lowest BCUT2D eigenvalue weighted by atomic mass is 9.73. The van der Waals surface area contributed by atoms with Gasteiger partial charge in [-0.15, -0.1) is 0 Å². The molecular formula is C25H30Cl2FN7O2. The smallest absolute Gasteiger partial charge is 0.224 e. The van der Waals surface area contributed by atoms with Crippen LogP contribution in [0.5, 0.6) is 0 Å². The monoisotopic (exact) mass is 549 g/mol. The van der Waals surface area contributed by atoms with Crippen LogP contribution in [0.1, 0.15) is 64.3 Å². The average molecular weight is 550 g/mol. The molecule has 0 saturated heterocycles. The lowest BCUT2D eigenvalue weighted by molar-refractivity contribution is -0.128. The number of aliphatic hydroxyl groups is 1. The Balaban J connectivity index is 1.52. The molecule has 1 amide bonds. The van der Waals surface area contributed by atoms with Gasteiger partial charge in [0.1, 0.15) is 11.3 Å². The molecular weight excluding hydrogens is 520 g/mol. The van der Waals surface area contributed by atoms with Crippen LogP contribution in [-0.2, 0) is 4.79 Å². The minimum Gasteiger partial charge on any atom is -0.393 e. The summed E-state index contributed by atoms with van der Waals surface area (Å²) in [6.45, 7) is 1.90. The van der Waals surface area contributed by atoms with Crippen molar-refractivity contribution < 1.29 is 14.3 Å². The van der Waals surface area contributed by atoms with Crippen LogP contribution in [0, 0.1) is 11.2 Å². The van der Waals surface area contributed by atoms with Gasteiger partial charge in [0.25, 0.3) is 0 Å². The molecule has 2 atom stereocenters. The van der Waals surface area contributed by atoms with E-state index in [1.807, 2.05) is 11.5 Å². The maximum Gasteiger partial charge on any atom is 0.224 e. The zero-order valence-electron chi connectivity index (χ0n) is 20.5. The Morgan fingerprint density at radius 3 is 2.54 bits per heavy atom. The van der Waals surface area contributed by atoms with Crippen LogP contribution in [0.3, 0.4) is 0 Å². The number of halogens is 3. The van der Waals surface area contributed by atoms with E-state index in [4.69, 9.17) is 38.9 Å². The van der Waals surface area contributed by atoms with Crippen molar-refractivity contribution >= 4 is 57.9 Å². The van der Waals surface area contributed by atoms with Gasteiger partial charge in [0.05, 0.1) is 28.0 Å². The summed E-state index contributed by atoms with van der Waals surface area (Å²) in [6, 6.07) is 2.42. The maximum atomic E-state index is 13.8. The van der Waals surface area contributed by atoms with Crippen LogP contribution in [0.15, 0.2) is 18.3 Å². The molecule has 0 unspecified atom stereocenters. The van der Waals surface area contributed by atoms with Gasteiger partial charge >= 0.3 is 0 Å². The standard InChI is InChI=1S/C25H30Cl2FN7O2/c1-25(22(29)37)7-5-15(6-8-25)35-21-19(12-30-23(34-21)31-14-3-2-4-16(36)11-14)32-24(35)33-20-17(26)9-13(28)10-18(20)27/h9-10,12,14-16,36H,2-8,11H2,1H3,(H2,29,37)(H,32,33)(H,30,31,34)/t14-,15-,16-,25+/m1/s1. The molecule has 5 N–H and O–H groups in total. The van der Waals surface area contributed by atoms with Crippen LogP contribution in [0.2, 0.25) is 10.0 Å². The summed E-state index contributed by atoms with van der Waals surface area (Å²) in [5, 5.41) is 16.8. The number of nitrogens with zero attached hydrogens (tertiary/aromatic N) is 4. The van der Waals surface area contributed by atoms with Gasteiger partial charge in [-0.05, 0) is 63.5 Å². The highest BCUT2D eigenvalue weighted by Crippen LogP contribution is 2.43. The number of rotatable bonds is 6. The lowest BCUT2D eigenvalue weighted by Crippen LogP contribution is -2.38. The molecule has 0 radical (unpaired) electrons. The number of carbonyl (C=O) groups is 1. The molecule has 1 aromatic carbocycles. The van der Waals surface area contributed by atoms with Gasteiger partial charge in [0, 0.05) is 17.5 Å². The van der Waals surface area contributed by atoms with E-state index in [0.29, 0.717) is 60.9 Å². The molecule has 0 bridgehead atoms. The molecule has 2 heterocycles. The summed E-state index contributed by atoms with van der Waals surface area (Å²) >= 11 is 12.6. The van der Waals surface area contributed by atoms with E-state index in [1.54, 1.807) is 6.20 Å². The number of hydrogen-bond donors (Lipinski definition) is 4. The van der Waals surface area contributed by atoms with Crippen LogP contribution in [0.4, 0.5) is 22.0 Å². The number of hydrogen-bond acceptors (Lipinski definition) is 7. The first-order valence-corrected chi connectivity index (χ1v) is 13.3. The number of aliphatic hydroxyl groups excluding tert-OH is 1. The summed E-state index contributed by atoms with van der Waals surface area (Å²) in [5.74, 6) is 0.0576. The minimum atomic E-state index is -0.562. The Morgan fingerprint density at radius 2 is 1.89 bits per heavy atom. The first kappa shape index (κ1) is 25.9. The lowest BCUT2D eigenvalue weighted by Gasteiger charge is -2.35. The molecule has 0 spiro atoms. The fourth-order valence-electron chi connectivity index (χ4n) is 5.39. The Morgan fingerprint density at radius 1 is 1.19 bits per heavy atom. The van der Waals surface area contributed by atoms with Crippen LogP contribution in [-0.4, -0.2) is 42.7 Å². The first-order valence-electron chi connectivity index (χ1n) is 12.5. The number of nitrogens with two attached hydrogens (primary N) is 1. The topological polar surface area (TPSA) is 131 Å². The van der Waals surface area contributed by atoms with E-state index < -0.39 is 11.2 Å². The fraction of sp³-hybridized carbons (Fsp3) is 0.520. The summed E-state index contributed by atoms with van der Waals surface area (Å²) in [7, 11) is 0. The minimum absolute atomic E-state index is 0.0304. The highest BCUT2D eigenvalue weighted by Gasteiger charge is 2.38. The molecule has 37 heavy (non-hydrogen) atoms. The number of amides is 1. The van der Waals surface area contributed by atoms with Crippen LogP contribution in [0.25, 0.3) is 11.2 Å². The Bertz CT molecular complexity index is 1300. The number of fused-ring (bicyclic) bond motifs is 1. The van der Waals surface area contributed by atoms with Crippen molar-refractivity contribution in [3.05, 3.63) is 34.2 Å². The van der Waals surface area contributed by atoms with Crippen molar-refractivity contribution in [3.8, 4) is 0 Å². The molecule has 198 valence electrons. The fourth-order valence-corrected chi connectivity index (χ4v) is 5.94. The van der Waals surface area contributed by atoms with Gasteiger partial charge in [-0.2, -0.15) is 4.98 Å². The summed E-state index contributed by atoms with van der Waals surface area (Å²) in [4.78, 5) is 26.0. The molecule has 12 heteroatoms. The first-order chi connectivity index (χ1) is 17.6.